The van der Waals surface area contributed by atoms with E-state index < -0.39 is 0 Å². The molecule has 29 heavy (non-hydrogen) atoms. The Labute approximate surface area is 178 Å². The van der Waals surface area contributed by atoms with Crippen molar-refractivity contribution in [2.45, 2.75) is 26.8 Å². The van der Waals surface area contributed by atoms with Gasteiger partial charge in [-0.15, -0.1) is 22.7 Å². The Morgan fingerprint density at radius 3 is 2.24 bits per heavy atom. The van der Waals surface area contributed by atoms with E-state index in [-0.39, 0.29) is 6.04 Å². The van der Waals surface area contributed by atoms with Gasteiger partial charge in [-0.1, -0.05) is 0 Å². The summed E-state index contributed by atoms with van der Waals surface area (Å²) >= 11 is 3.25. The number of benzene rings is 1. The summed E-state index contributed by atoms with van der Waals surface area (Å²) in [7, 11) is 4.82. The van der Waals surface area contributed by atoms with E-state index in [0.29, 0.717) is 17.2 Å². The highest BCUT2D eigenvalue weighted by Crippen LogP contribution is 2.41. The number of methoxy groups -OCH3 is 3. The first-order valence-electron chi connectivity index (χ1n) is 9.12. The van der Waals surface area contributed by atoms with Gasteiger partial charge < -0.3 is 14.2 Å². The SMILES string of the molecule is COc1cc(-c2csc(=NC(C)C)n2N=Cc2ccc(C)s2)cc(OC)c1OC. The average Bonchev–Trinajstić information content (AvgIpc) is 3.30. The van der Waals surface area contributed by atoms with Gasteiger partial charge in [0.15, 0.2) is 11.5 Å². The van der Waals surface area contributed by atoms with Gasteiger partial charge in [0.2, 0.25) is 10.6 Å². The number of rotatable bonds is 7. The third-order valence-corrected chi connectivity index (χ3v) is 5.84. The summed E-state index contributed by atoms with van der Waals surface area (Å²) in [4.78, 5) is 7.89. The molecule has 0 saturated heterocycles. The highest BCUT2D eigenvalue weighted by atomic mass is 32.1. The van der Waals surface area contributed by atoms with Crippen LogP contribution in [0.25, 0.3) is 11.3 Å². The average molecular weight is 432 g/mol. The molecule has 154 valence electrons. The van der Waals surface area contributed by atoms with Crippen LogP contribution in [-0.2, 0) is 0 Å². The monoisotopic (exact) mass is 431 g/mol. The number of aromatic nitrogens is 1. The Kier molecular flexibility index (Phi) is 6.76. The lowest BCUT2D eigenvalue weighted by Gasteiger charge is -2.14. The Balaban J connectivity index is 2.17. The molecule has 0 N–H and O–H groups in total. The number of thiophene rings is 1. The normalized spacial score (nSPS) is 12.2. The highest BCUT2D eigenvalue weighted by molar-refractivity contribution is 7.13. The standard InChI is InChI=1S/C21H25N3O3S2/c1-13(2)23-21-24(22-11-16-8-7-14(3)29-16)17(12-28-21)15-9-18(25-4)20(27-6)19(10-15)26-5/h7-13H,1-6H3. The number of nitrogens with zero attached hydrogens (tertiary/aromatic N) is 3. The van der Waals surface area contributed by atoms with Gasteiger partial charge in [-0.05, 0) is 45.0 Å². The second kappa shape index (κ2) is 9.28. The van der Waals surface area contributed by atoms with Crippen LogP contribution in [0, 0.1) is 6.92 Å². The Morgan fingerprint density at radius 2 is 1.72 bits per heavy atom. The molecule has 0 radical (unpaired) electrons. The molecule has 0 saturated carbocycles. The number of hydrogen-bond donors (Lipinski definition) is 0. The molecule has 3 aromatic rings. The molecule has 0 aliphatic heterocycles. The zero-order valence-electron chi connectivity index (χ0n) is 17.4. The predicted octanol–water partition coefficient (Wildman–Crippen LogP) is 4.80. The summed E-state index contributed by atoms with van der Waals surface area (Å²) in [6, 6.07) is 8.15. The molecule has 0 aliphatic rings. The van der Waals surface area contributed by atoms with Gasteiger partial charge in [0.05, 0.1) is 33.2 Å². The summed E-state index contributed by atoms with van der Waals surface area (Å²) in [6.07, 6.45) is 1.87. The number of thiazole rings is 1. The number of ether oxygens (including phenoxy) is 3. The van der Waals surface area contributed by atoms with Gasteiger partial charge in [-0.2, -0.15) is 5.10 Å². The van der Waals surface area contributed by atoms with Crippen molar-refractivity contribution in [1.82, 2.24) is 4.68 Å². The molecule has 8 heteroatoms. The lowest BCUT2D eigenvalue weighted by Crippen LogP contribution is -2.14. The van der Waals surface area contributed by atoms with Crippen molar-refractivity contribution < 1.29 is 14.2 Å². The highest BCUT2D eigenvalue weighted by Gasteiger charge is 2.17. The fraction of sp³-hybridized carbons (Fsp3) is 0.333. The second-order valence-corrected chi connectivity index (χ2v) is 8.70. The molecule has 3 rings (SSSR count). The van der Waals surface area contributed by atoms with Crippen molar-refractivity contribution in [3.63, 3.8) is 0 Å². The van der Waals surface area contributed by atoms with Crippen molar-refractivity contribution in [3.8, 4) is 28.5 Å². The minimum atomic E-state index is 0.159. The van der Waals surface area contributed by atoms with Crippen molar-refractivity contribution in [2.75, 3.05) is 21.3 Å². The lowest BCUT2D eigenvalue weighted by molar-refractivity contribution is 0.324. The molecule has 6 nitrogen and oxygen atoms in total. The zero-order chi connectivity index (χ0) is 21.0. The smallest absolute Gasteiger partial charge is 0.206 e. The quantitative estimate of drug-likeness (QED) is 0.505. The van der Waals surface area contributed by atoms with Crippen LogP contribution in [0.3, 0.4) is 0 Å². The van der Waals surface area contributed by atoms with Gasteiger partial charge in [0.1, 0.15) is 0 Å². The Bertz CT molecular complexity index is 1050. The van der Waals surface area contributed by atoms with E-state index in [4.69, 9.17) is 24.3 Å². The van der Waals surface area contributed by atoms with Gasteiger partial charge in [0, 0.05) is 26.7 Å². The maximum absolute atomic E-state index is 5.51. The van der Waals surface area contributed by atoms with Crippen LogP contribution in [0.15, 0.2) is 39.7 Å². The van der Waals surface area contributed by atoms with Gasteiger partial charge >= 0.3 is 0 Å². The minimum Gasteiger partial charge on any atom is -0.493 e. The van der Waals surface area contributed by atoms with Crippen molar-refractivity contribution >= 4 is 28.9 Å². The fourth-order valence-electron chi connectivity index (χ4n) is 2.79. The maximum atomic E-state index is 5.51. The third-order valence-electron chi connectivity index (χ3n) is 4.08. The molecular weight excluding hydrogens is 406 g/mol. The minimum absolute atomic E-state index is 0.159. The Morgan fingerprint density at radius 1 is 1.03 bits per heavy atom. The molecule has 0 spiro atoms. The molecule has 0 bridgehead atoms. The molecule has 0 aliphatic carbocycles. The van der Waals surface area contributed by atoms with E-state index in [0.717, 1.165) is 20.9 Å². The Hall–Kier alpha value is -2.58. The second-order valence-electron chi connectivity index (χ2n) is 6.55. The number of hydrogen-bond acceptors (Lipinski definition) is 7. The van der Waals surface area contributed by atoms with E-state index in [9.17, 15) is 0 Å². The van der Waals surface area contributed by atoms with Crippen LogP contribution < -0.4 is 19.0 Å². The number of aryl methyl sites for hydroxylation is 1. The summed E-state index contributed by atoms with van der Waals surface area (Å²) in [6.45, 7) is 6.19. The van der Waals surface area contributed by atoms with Crippen molar-refractivity contribution in [1.29, 1.82) is 0 Å². The fourth-order valence-corrected chi connectivity index (χ4v) is 4.50. The topological polar surface area (TPSA) is 57.3 Å². The molecule has 0 unspecified atom stereocenters. The summed E-state index contributed by atoms with van der Waals surface area (Å²) in [5.41, 5.74) is 1.80. The van der Waals surface area contributed by atoms with Gasteiger partial charge in [0.25, 0.3) is 0 Å². The largest absolute Gasteiger partial charge is 0.493 e. The molecule has 0 fully saturated rings. The first-order valence-corrected chi connectivity index (χ1v) is 10.8. The molecule has 0 amide bonds. The molecule has 0 atom stereocenters. The summed E-state index contributed by atoms with van der Waals surface area (Å²) in [5.74, 6) is 1.75. The third kappa shape index (κ3) is 4.71. The summed E-state index contributed by atoms with van der Waals surface area (Å²) < 4.78 is 18.3. The molecule has 2 heterocycles. The van der Waals surface area contributed by atoms with Crippen LogP contribution in [0.5, 0.6) is 17.2 Å². The first-order chi connectivity index (χ1) is 14.0. The van der Waals surface area contributed by atoms with Crippen LogP contribution >= 0.6 is 22.7 Å². The van der Waals surface area contributed by atoms with E-state index in [1.165, 1.54) is 4.88 Å². The zero-order valence-corrected chi connectivity index (χ0v) is 19.1. The molecule has 2 aromatic heterocycles. The van der Waals surface area contributed by atoms with Crippen LogP contribution in [0.4, 0.5) is 0 Å². The van der Waals surface area contributed by atoms with E-state index >= 15 is 0 Å². The van der Waals surface area contributed by atoms with Crippen LogP contribution in [0.2, 0.25) is 0 Å². The van der Waals surface area contributed by atoms with E-state index in [1.54, 1.807) is 44.0 Å². The first kappa shape index (κ1) is 21.1. The van der Waals surface area contributed by atoms with Crippen LogP contribution in [0.1, 0.15) is 23.6 Å². The van der Waals surface area contributed by atoms with E-state index in [1.807, 2.05) is 28.4 Å². The molecule has 1 aromatic carbocycles. The van der Waals surface area contributed by atoms with Gasteiger partial charge in [-0.3, -0.25) is 4.99 Å². The van der Waals surface area contributed by atoms with Crippen molar-refractivity contribution in [2.24, 2.45) is 10.1 Å². The van der Waals surface area contributed by atoms with E-state index in [2.05, 4.69) is 32.9 Å². The van der Waals surface area contributed by atoms with Crippen molar-refractivity contribution in [3.05, 3.63) is 44.2 Å². The lowest BCUT2D eigenvalue weighted by atomic mass is 10.1. The van der Waals surface area contributed by atoms with Gasteiger partial charge in [-0.25, -0.2) is 4.68 Å². The predicted molar refractivity (Wildman–Crippen MR) is 120 cm³/mol. The van der Waals surface area contributed by atoms with Crippen LogP contribution in [-0.4, -0.2) is 38.3 Å². The summed E-state index contributed by atoms with van der Waals surface area (Å²) in [5, 5.41) is 6.78. The maximum Gasteiger partial charge on any atom is 0.206 e. The molecular formula is C21H25N3O3S2.